The standard InChI is InChI=1S/C19H23N/c1-13(2)15-8-10-16(11-9-15)19-14(3)12-17-6-4-5-7-18(17)20-19/h4-11,13-14,19-20H,12H2,1-3H3. The van der Waals surface area contributed by atoms with Crippen molar-refractivity contribution in [1.29, 1.82) is 0 Å². The highest BCUT2D eigenvalue weighted by atomic mass is 14.9. The van der Waals surface area contributed by atoms with Crippen LogP contribution in [0.2, 0.25) is 0 Å². The molecule has 0 radical (unpaired) electrons. The van der Waals surface area contributed by atoms with Gasteiger partial charge in [0.05, 0.1) is 6.04 Å². The Labute approximate surface area is 122 Å². The molecule has 0 bridgehead atoms. The quantitative estimate of drug-likeness (QED) is 0.791. The Hall–Kier alpha value is -1.76. The monoisotopic (exact) mass is 265 g/mol. The smallest absolute Gasteiger partial charge is 0.0542 e. The summed E-state index contributed by atoms with van der Waals surface area (Å²) in [7, 11) is 0. The van der Waals surface area contributed by atoms with Crippen LogP contribution in [0.1, 0.15) is 49.4 Å². The molecule has 1 aliphatic heterocycles. The van der Waals surface area contributed by atoms with Crippen molar-refractivity contribution < 1.29 is 0 Å². The van der Waals surface area contributed by atoms with Gasteiger partial charge in [-0.3, -0.25) is 0 Å². The first-order valence-corrected chi connectivity index (χ1v) is 7.59. The van der Waals surface area contributed by atoms with E-state index in [1.165, 1.54) is 22.4 Å². The molecule has 0 saturated carbocycles. The van der Waals surface area contributed by atoms with E-state index in [4.69, 9.17) is 0 Å². The molecular formula is C19H23N. The summed E-state index contributed by atoms with van der Waals surface area (Å²) in [5.41, 5.74) is 5.55. The molecule has 2 aromatic rings. The lowest BCUT2D eigenvalue weighted by atomic mass is 9.84. The number of fused-ring (bicyclic) bond motifs is 1. The first-order chi connectivity index (χ1) is 9.65. The number of hydrogen-bond acceptors (Lipinski definition) is 1. The molecule has 0 aliphatic carbocycles. The zero-order chi connectivity index (χ0) is 14.1. The Kier molecular flexibility index (Phi) is 3.52. The van der Waals surface area contributed by atoms with Crippen LogP contribution in [0.25, 0.3) is 0 Å². The SMILES string of the molecule is CC(C)c1ccc(C2Nc3ccccc3CC2C)cc1. The van der Waals surface area contributed by atoms with Crippen molar-refractivity contribution in [3.8, 4) is 0 Å². The fourth-order valence-corrected chi connectivity index (χ4v) is 3.11. The third-order valence-electron chi connectivity index (χ3n) is 4.40. The fourth-order valence-electron chi connectivity index (χ4n) is 3.11. The Morgan fingerprint density at radius 1 is 1.00 bits per heavy atom. The van der Waals surface area contributed by atoms with E-state index < -0.39 is 0 Å². The van der Waals surface area contributed by atoms with Gasteiger partial charge in [-0.15, -0.1) is 0 Å². The molecule has 1 nitrogen and oxygen atoms in total. The van der Waals surface area contributed by atoms with Crippen LogP contribution in [-0.2, 0) is 6.42 Å². The Morgan fingerprint density at radius 2 is 1.70 bits per heavy atom. The predicted molar refractivity (Wildman–Crippen MR) is 86.2 cm³/mol. The molecule has 0 saturated heterocycles. The molecule has 3 rings (SSSR count). The summed E-state index contributed by atoms with van der Waals surface area (Å²) in [6.45, 7) is 6.82. The van der Waals surface area contributed by atoms with Crippen LogP contribution >= 0.6 is 0 Å². The van der Waals surface area contributed by atoms with E-state index in [2.05, 4.69) is 74.6 Å². The molecule has 1 heterocycles. The second kappa shape index (κ2) is 5.32. The highest BCUT2D eigenvalue weighted by Crippen LogP contribution is 2.36. The van der Waals surface area contributed by atoms with Gasteiger partial charge in [0, 0.05) is 5.69 Å². The lowest BCUT2D eigenvalue weighted by Gasteiger charge is -2.33. The number of hydrogen-bond donors (Lipinski definition) is 1. The molecule has 0 amide bonds. The first-order valence-electron chi connectivity index (χ1n) is 7.59. The van der Waals surface area contributed by atoms with Gasteiger partial charge in [0.2, 0.25) is 0 Å². The van der Waals surface area contributed by atoms with E-state index >= 15 is 0 Å². The van der Waals surface area contributed by atoms with Crippen LogP contribution < -0.4 is 5.32 Å². The average molecular weight is 265 g/mol. The van der Waals surface area contributed by atoms with Crippen LogP contribution in [0.5, 0.6) is 0 Å². The summed E-state index contributed by atoms with van der Waals surface area (Å²) in [4.78, 5) is 0. The molecule has 0 spiro atoms. The summed E-state index contributed by atoms with van der Waals surface area (Å²) in [6, 6.07) is 18.2. The van der Waals surface area contributed by atoms with Gasteiger partial charge < -0.3 is 5.32 Å². The lowest BCUT2D eigenvalue weighted by Crippen LogP contribution is -2.25. The predicted octanol–water partition coefficient (Wildman–Crippen LogP) is 5.16. The van der Waals surface area contributed by atoms with Gasteiger partial charge in [-0.1, -0.05) is 63.2 Å². The molecule has 2 unspecified atom stereocenters. The van der Waals surface area contributed by atoms with E-state index in [-0.39, 0.29) is 0 Å². The van der Waals surface area contributed by atoms with Crippen molar-refractivity contribution >= 4 is 5.69 Å². The van der Waals surface area contributed by atoms with Crippen molar-refractivity contribution in [3.05, 3.63) is 65.2 Å². The minimum absolute atomic E-state index is 0.422. The molecule has 104 valence electrons. The average Bonchev–Trinajstić information content (AvgIpc) is 2.46. The third-order valence-corrected chi connectivity index (χ3v) is 4.40. The molecular weight excluding hydrogens is 242 g/mol. The molecule has 20 heavy (non-hydrogen) atoms. The van der Waals surface area contributed by atoms with Crippen LogP contribution in [0.4, 0.5) is 5.69 Å². The highest BCUT2D eigenvalue weighted by Gasteiger charge is 2.25. The number of benzene rings is 2. The Bertz CT molecular complexity index is 583. The van der Waals surface area contributed by atoms with Gasteiger partial charge in [-0.25, -0.2) is 0 Å². The van der Waals surface area contributed by atoms with Gasteiger partial charge >= 0.3 is 0 Å². The minimum atomic E-state index is 0.422. The van der Waals surface area contributed by atoms with Crippen LogP contribution in [0.15, 0.2) is 48.5 Å². The van der Waals surface area contributed by atoms with Crippen LogP contribution in [0.3, 0.4) is 0 Å². The van der Waals surface area contributed by atoms with Crippen LogP contribution in [-0.4, -0.2) is 0 Å². The van der Waals surface area contributed by atoms with Gasteiger partial charge in [0.1, 0.15) is 0 Å². The zero-order valence-corrected chi connectivity index (χ0v) is 12.6. The van der Waals surface area contributed by atoms with E-state index in [1.807, 2.05) is 0 Å². The van der Waals surface area contributed by atoms with E-state index in [9.17, 15) is 0 Å². The molecule has 2 aromatic carbocycles. The molecule has 1 aliphatic rings. The third kappa shape index (κ3) is 2.45. The zero-order valence-electron chi connectivity index (χ0n) is 12.6. The van der Waals surface area contributed by atoms with Crippen LogP contribution in [0, 0.1) is 5.92 Å². The second-order valence-corrected chi connectivity index (χ2v) is 6.28. The van der Waals surface area contributed by atoms with E-state index in [0.29, 0.717) is 17.9 Å². The maximum absolute atomic E-state index is 3.71. The second-order valence-electron chi connectivity index (χ2n) is 6.28. The summed E-state index contributed by atoms with van der Waals surface area (Å²) in [5, 5.41) is 3.71. The number of para-hydroxylation sites is 1. The van der Waals surface area contributed by atoms with Crippen molar-refractivity contribution in [2.75, 3.05) is 5.32 Å². The van der Waals surface area contributed by atoms with Crippen molar-refractivity contribution in [3.63, 3.8) is 0 Å². The largest absolute Gasteiger partial charge is 0.378 e. The number of nitrogens with one attached hydrogen (secondary N) is 1. The summed E-state index contributed by atoms with van der Waals surface area (Å²) >= 11 is 0. The lowest BCUT2D eigenvalue weighted by molar-refractivity contribution is 0.479. The highest BCUT2D eigenvalue weighted by molar-refractivity contribution is 5.55. The summed E-state index contributed by atoms with van der Waals surface area (Å²) in [5.74, 6) is 1.22. The maximum atomic E-state index is 3.71. The van der Waals surface area contributed by atoms with Crippen molar-refractivity contribution in [2.24, 2.45) is 5.92 Å². The molecule has 1 heteroatoms. The molecule has 0 fully saturated rings. The van der Waals surface area contributed by atoms with Gasteiger partial charge in [-0.2, -0.15) is 0 Å². The van der Waals surface area contributed by atoms with Gasteiger partial charge in [-0.05, 0) is 41.0 Å². The van der Waals surface area contributed by atoms with E-state index in [1.54, 1.807) is 0 Å². The van der Waals surface area contributed by atoms with Gasteiger partial charge in [0.15, 0.2) is 0 Å². The first kappa shape index (κ1) is 13.2. The van der Waals surface area contributed by atoms with Gasteiger partial charge in [0.25, 0.3) is 0 Å². The Balaban J connectivity index is 1.87. The normalized spacial score (nSPS) is 21.4. The minimum Gasteiger partial charge on any atom is -0.378 e. The van der Waals surface area contributed by atoms with Crippen molar-refractivity contribution in [1.82, 2.24) is 0 Å². The molecule has 1 N–H and O–H groups in total. The Morgan fingerprint density at radius 3 is 2.40 bits per heavy atom. The maximum Gasteiger partial charge on any atom is 0.0542 e. The topological polar surface area (TPSA) is 12.0 Å². The molecule has 0 aromatic heterocycles. The summed E-state index contributed by atoms with van der Waals surface area (Å²) < 4.78 is 0. The molecule has 2 atom stereocenters. The fraction of sp³-hybridized carbons (Fsp3) is 0.368. The van der Waals surface area contributed by atoms with Crippen molar-refractivity contribution in [2.45, 2.75) is 39.2 Å². The number of anilines is 1. The number of rotatable bonds is 2. The summed E-state index contributed by atoms with van der Waals surface area (Å²) in [6.07, 6.45) is 1.15. The van der Waals surface area contributed by atoms with E-state index in [0.717, 1.165) is 6.42 Å².